The average Bonchev–Trinajstić information content (AvgIpc) is 2.39. The highest BCUT2D eigenvalue weighted by molar-refractivity contribution is 5.87. The van der Waals surface area contributed by atoms with E-state index in [2.05, 4.69) is 0 Å². The van der Waals surface area contributed by atoms with Gasteiger partial charge in [-0.25, -0.2) is 0 Å². The molecule has 1 unspecified atom stereocenters. The van der Waals surface area contributed by atoms with Gasteiger partial charge in [-0.2, -0.15) is 0 Å². The molecule has 0 aromatic carbocycles. The molecule has 0 saturated heterocycles. The number of hydrogen-bond acceptors (Lipinski definition) is 4. The number of amides is 2. The van der Waals surface area contributed by atoms with E-state index in [4.69, 9.17) is 10.5 Å². The number of likely N-dealkylation sites (N-methyl/N-ethyl adjacent to an activating group) is 2. The molecule has 112 valence electrons. The summed E-state index contributed by atoms with van der Waals surface area (Å²) in [7, 11) is 3.22. The van der Waals surface area contributed by atoms with Gasteiger partial charge in [-0.3, -0.25) is 9.59 Å². The van der Waals surface area contributed by atoms with Gasteiger partial charge in [-0.05, 0) is 26.7 Å². The first-order valence-electron chi connectivity index (χ1n) is 6.75. The molecule has 19 heavy (non-hydrogen) atoms. The molecule has 0 aliphatic heterocycles. The molecule has 2 N–H and O–H groups in total. The fourth-order valence-corrected chi connectivity index (χ4v) is 1.81. The van der Waals surface area contributed by atoms with Crippen molar-refractivity contribution in [1.29, 1.82) is 0 Å². The van der Waals surface area contributed by atoms with E-state index in [1.807, 2.05) is 13.8 Å². The zero-order valence-corrected chi connectivity index (χ0v) is 12.5. The van der Waals surface area contributed by atoms with Gasteiger partial charge in [-0.1, -0.05) is 0 Å². The topological polar surface area (TPSA) is 75.9 Å². The number of methoxy groups -OCH3 is 1. The van der Waals surface area contributed by atoms with E-state index in [1.165, 1.54) is 4.90 Å². The van der Waals surface area contributed by atoms with Gasteiger partial charge in [0.15, 0.2) is 0 Å². The maximum absolute atomic E-state index is 12.0. The van der Waals surface area contributed by atoms with Gasteiger partial charge in [0.05, 0.1) is 12.6 Å². The number of ether oxygens (including phenoxy) is 1. The van der Waals surface area contributed by atoms with Crippen LogP contribution in [0.5, 0.6) is 0 Å². The van der Waals surface area contributed by atoms with Crippen molar-refractivity contribution in [2.45, 2.75) is 32.7 Å². The van der Waals surface area contributed by atoms with Gasteiger partial charge >= 0.3 is 0 Å². The van der Waals surface area contributed by atoms with Gasteiger partial charge in [0, 0.05) is 33.9 Å². The second-order valence-corrected chi connectivity index (χ2v) is 4.50. The monoisotopic (exact) mass is 273 g/mol. The Bertz CT molecular complexity index is 280. The molecular weight excluding hydrogens is 246 g/mol. The van der Waals surface area contributed by atoms with E-state index in [0.717, 1.165) is 6.42 Å². The normalized spacial score (nSPS) is 12.1. The zero-order chi connectivity index (χ0) is 14.8. The number of nitrogens with zero attached hydrogens (tertiary/aromatic N) is 2. The molecule has 0 aromatic rings. The number of carbonyl (C=O) groups excluding carboxylic acids is 2. The summed E-state index contributed by atoms with van der Waals surface area (Å²) in [6.07, 6.45) is 1.30. The van der Waals surface area contributed by atoms with Crippen molar-refractivity contribution < 1.29 is 14.3 Å². The molecule has 0 fully saturated rings. The number of nitrogens with two attached hydrogens (primary N) is 1. The van der Waals surface area contributed by atoms with Crippen molar-refractivity contribution in [2.24, 2.45) is 5.73 Å². The van der Waals surface area contributed by atoms with Crippen LogP contribution < -0.4 is 5.73 Å². The highest BCUT2D eigenvalue weighted by Crippen LogP contribution is 2.00. The maximum atomic E-state index is 12.0. The summed E-state index contributed by atoms with van der Waals surface area (Å²) >= 11 is 0. The van der Waals surface area contributed by atoms with Crippen LogP contribution in [0.1, 0.15) is 26.7 Å². The third-order valence-corrected chi connectivity index (χ3v) is 3.05. The first kappa shape index (κ1) is 17.9. The Morgan fingerprint density at radius 2 is 1.84 bits per heavy atom. The van der Waals surface area contributed by atoms with Crippen molar-refractivity contribution in [3.05, 3.63) is 0 Å². The third kappa shape index (κ3) is 6.54. The lowest BCUT2D eigenvalue weighted by Crippen LogP contribution is -2.46. The van der Waals surface area contributed by atoms with Crippen molar-refractivity contribution in [2.75, 3.05) is 40.4 Å². The second kappa shape index (κ2) is 9.75. The molecule has 2 amide bonds. The molecule has 6 heteroatoms. The molecular formula is C13H27N3O3. The van der Waals surface area contributed by atoms with Crippen LogP contribution in [0.2, 0.25) is 0 Å². The Hall–Kier alpha value is -1.14. The van der Waals surface area contributed by atoms with Crippen LogP contribution in [0.4, 0.5) is 0 Å². The highest BCUT2D eigenvalue weighted by atomic mass is 16.5. The van der Waals surface area contributed by atoms with E-state index in [-0.39, 0.29) is 18.4 Å². The van der Waals surface area contributed by atoms with Gasteiger partial charge in [0.25, 0.3) is 0 Å². The van der Waals surface area contributed by atoms with Crippen LogP contribution in [-0.2, 0) is 14.3 Å². The van der Waals surface area contributed by atoms with Crippen LogP contribution in [0.3, 0.4) is 0 Å². The molecule has 0 rings (SSSR count). The van der Waals surface area contributed by atoms with E-state index in [1.54, 1.807) is 19.1 Å². The first-order chi connectivity index (χ1) is 8.97. The van der Waals surface area contributed by atoms with Crippen LogP contribution in [-0.4, -0.2) is 68.1 Å². The molecule has 0 saturated carbocycles. The van der Waals surface area contributed by atoms with E-state index >= 15 is 0 Å². The largest absolute Gasteiger partial charge is 0.385 e. The Kier molecular flexibility index (Phi) is 9.16. The molecule has 0 aromatic heterocycles. The fraction of sp³-hybridized carbons (Fsp3) is 0.846. The van der Waals surface area contributed by atoms with Gasteiger partial charge in [-0.15, -0.1) is 0 Å². The zero-order valence-electron chi connectivity index (χ0n) is 12.5. The minimum absolute atomic E-state index is 0.0510. The van der Waals surface area contributed by atoms with Crippen molar-refractivity contribution in [3.8, 4) is 0 Å². The quantitative estimate of drug-likeness (QED) is 0.603. The second-order valence-electron chi connectivity index (χ2n) is 4.50. The van der Waals surface area contributed by atoms with E-state index < -0.39 is 6.04 Å². The van der Waals surface area contributed by atoms with Crippen molar-refractivity contribution in [1.82, 2.24) is 9.80 Å². The fourth-order valence-electron chi connectivity index (χ4n) is 1.81. The summed E-state index contributed by atoms with van der Waals surface area (Å²) in [5, 5.41) is 0. The van der Waals surface area contributed by atoms with Gasteiger partial charge in [0.1, 0.15) is 0 Å². The van der Waals surface area contributed by atoms with Gasteiger partial charge in [0.2, 0.25) is 11.8 Å². The summed E-state index contributed by atoms with van der Waals surface area (Å²) in [6.45, 7) is 5.80. The van der Waals surface area contributed by atoms with Crippen LogP contribution in [0.25, 0.3) is 0 Å². The summed E-state index contributed by atoms with van der Waals surface area (Å²) in [4.78, 5) is 26.9. The lowest BCUT2D eigenvalue weighted by Gasteiger charge is -2.25. The Labute approximate surface area is 115 Å². The molecule has 0 aliphatic carbocycles. The molecule has 0 aliphatic rings. The van der Waals surface area contributed by atoms with E-state index in [0.29, 0.717) is 26.1 Å². The highest BCUT2D eigenvalue weighted by Gasteiger charge is 2.21. The third-order valence-electron chi connectivity index (χ3n) is 3.05. The smallest absolute Gasteiger partial charge is 0.242 e. The Morgan fingerprint density at radius 1 is 1.26 bits per heavy atom. The predicted molar refractivity (Wildman–Crippen MR) is 74.7 cm³/mol. The molecule has 0 heterocycles. The summed E-state index contributed by atoms with van der Waals surface area (Å²) in [6, 6.07) is -0.565. The minimum Gasteiger partial charge on any atom is -0.385 e. The standard InChI is InChI=1S/C13H27N3O3/c1-5-16(6-2)12(17)10-15(3)13(18)11(14)8-7-9-19-4/h11H,5-10,14H2,1-4H3. The first-order valence-corrected chi connectivity index (χ1v) is 6.75. The average molecular weight is 273 g/mol. The van der Waals surface area contributed by atoms with Crippen molar-refractivity contribution >= 4 is 11.8 Å². The van der Waals surface area contributed by atoms with Crippen LogP contribution >= 0.6 is 0 Å². The van der Waals surface area contributed by atoms with Crippen LogP contribution in [0.15, 0.2) is 0 Å². The number of carbonyl (C=O) groups is 2. The maximum Gasteiger partial charge on any atom is 0.242 e. The summed E-state index contributed by atoms with van der Waals surface area (Å²) in [5.74, 6) is -0.249. The Morgan fingerprint density at radius 3 is 2.32 bits per heavy atom. The lowest BCUT2D eigenvalue weighted by molar-refractivity contribution is -0.140. The van der Waals surface area contributed by atoms with E-state index in [9.17, 15) is 9.59 Å². The number of hydrogen-bond donors (Lipinski definition) is 1. The number of rotatable bonds is 9. The van der Waals surface area contributed by atoms with Crippen LogP contribution in [0, 0.1) is 0 Å². The molecule has 6 nitrogen and oxygen atoms in total. The Balaban J connectivity index is 4.21. The molecule has 1 atom stereocenters. The predicted octanol–water partition coefficient (Wildman–Crippen LogP) is 0.0671. The van der Waals surface area contributed by atoms with Gasteiger partial charge < -0.3 is 20.3 Å². The SMILES string of the molecule is CCN(CC)C(=O)CN(C)C(=O)C(N)CCCOC. The molecule has 0 spiro atoms. The minimum atomic E-state index is -0.565. The molecule has 0 bridgehead atoms. The molecule has 0 radical (unpaired) electrons. The summed E-state index contributed by atoms with van der Waals surface area (Å²) < 4.78 is 4.92. The van der Waals surface area contributed by atoms with Crippen molar-refractivity contribution in [3.63, 3.8) is 0 Å². The lowest BCUT2D eigenvalue weighted by atomic mass is 10.1. The summed E-state index contributed by atoms with van der Waals surface area (Å²) in [5.41, 5.74) is 5.80.